The lowest BCUT2D eigenvalue weighted by Gasteiger charge is -2.38. The van der Waals surface area contributed by atoms with Gasteiger partial charge in [0.2, 0.25) is 0 Å². The fourth-order valence-corrected chi connectivity index (χ4v) is 3.73. The number of carbonyl (C=O) groups is 2. The highest BCUT2D eigenvalue weighted by Crippen LogP contribution is 2.24. The average Bonchev–Trinajstić information content (AvgIpc) is 2.66. The van der Waals surface area contributed by atoms with E-state index < -0.39 is 0 Å². The normalized spacial score (nSPS) is 20.1. The molecule has 5 nitrogen and oxygen atoms in total. The summed E-state index contributed by atoms with van der Waals surface area (Å²) in [5.41, 5.74) is 7.07. The first-order valence-electron chi connectivity index (χ1n) is 9.92. The highest BCUT2D eigenvalue weighted by Gasteiger charge is 2.29. The first-order valence-corrected chi connectivity index (χ1v) is 9.92. The number of benzene rings is 1. The van der Waals surface area contributed by atoms with E-state index in [2.05, 4.69) is 20.8 Å². The van der Waals surface area contributed by atoms with Gasteiger partial charge in [-0.05, 0) is 49.8 Å². The number of hydrogen-bond donors (Lipinski definition) is 1. The van der Waals surface area contributed by atoms with Gasteiger partial charge in [-0.25, -0.2) is 0 Å². The Balaban J connectivity index is 2.19. The molecule has 1 aliphatic rings. The van der Waals surface area contributed by atoms with Crippen molar-refractivity contribution in [1.82, 2.24) is 9.80 Å². The fourth-order valence-electron chi connectivity index (χ4n) is 3.73. The predicted octanol–water partition coefficient (Wildman–Crippen LogP) is 3.15. The Morgan fingerprint density at radius 2 is 1.85 bits per heavy atom. The number of nitrogens with zero attached hydrogens (tertiary/aromatic N) is 2. The number of nitrogens with two attached hydrogens (primary N) is 1. The smallest absolute Gasteiger partial charge is 0.254 e. The second kappa shape index (κ2) is 9.72. The van der Waals surface area contributed by atoms with Crippen LogP contribution in [0.3, 0.4) is 0 Å². The molecule has 0 saturated carbocycles. The molecule has 1 aromatic rings. The van der Waals surface area contributed by atoms with Crippen molar-refractivity contribution < 1.29 is 9.59 Å². The number of amides is 2. The Bertz CT molecular complexity index is 611. The number of hydrogen-bond acceptors (Lipinski definition) is 3. The SMILES string of the molecule is CCCN(CCC)C(=O)c1cccc(C(=O)N2CCC(C)CC2CN)c1. The van der Waals surface area contributed by atoms with E-state index in [0.29, 0.717) is 23.6 Å². The maximum atomic E-state index is 13.0. The molecule has 26 heavy (non-hydrogen) atoms. The highest BCUT2D eigenvalue weighted by atomic mass is 16.2. The molecule has 5 heteroatoms. The van der Waals surface area contributed by atoms with Crippen molar-refractivity contribution in [2.75, 3.05) is 26.2 Å². The maximum absolute atomic E-state index is 13.0. The van der Waals surface area contributed by atoms with Gasteiger partial charge < -0.3 is 15.5 Å². The molecule has 2 atom stereocenters. The van der Waals surface area contributed by atoms with E-state index in [4.69, 9.17) is 5.73 Å². The maximum Gasteiger partial charge on any atom is 0.254 e. The summed E-state index contributed by atoms with van der Waals surface area (Å²) in [6.07, 6.45) is 3.80. The lowest BCUT2D eigenvalue weighted by atomic mass is 9.91. The third kappa shape index (κ3) is 4.85. The van der Waals surface area contributed by atoms with Crippen LogP contribution in [-0.4, -0.2) is 53.8 Å². The van der Waals surface area contributed by atoms with Gasteiger partial charge in [-0.15, -0.1) is 0 Å². The van der Waals surface area contributed by atoms with Gasteiger partial charge in [0.1, 0.15) is 0 Å². The molecule has 144 valence electrons. The average molecular weight is 360 g/mol. The van der Waals surface area contributed by atoms with Gasteiger partial charge in [0.05, 0.1) is 0 Å². The zero-order chi connectivity index (χ0) is 19.1. The van der Waals surface area contributed by atoms with Gasteiger partial charge in [-0.3, -0.25) is 9.59 Å². The van der Waals surface area contributed by atoms with Gasteiger partial charge in [0.15, 0.2) is 0 Å². The Morgan fingerprint density at radius 1 is 1.19 bits per heavy atom. The van der Waals surface area contributed by atoms with Crippen LogP contribution in [0, 0.1) is 5.92 Å². The first-order chi connectivity index (χ1) is 12.5. The summed E-state index contributed by atoms with van der Waals surface area (Å²) >= 11 is 0. The third-order valence-electron chi connectivity index (χ3n) is 5.14. The monoisotopic (exact) mass is 359 g/mol. The van der Waals surface area contributed by atoms with E-state index in [1.54, 1.807) is 24.3 Å². The zero-order valence-electron chi connectivity index (χ0n) is 16.4. The quantitative estimate of drug-likeness (QED) is 0.813. The molecule has 0 radical (unpaired) electrons. The molecule has 1 fully saturated rings. The summed E-state index contributed by atoms with van der Waals surface area (Å²) in [6, 6.07) is 7.24. The fraction of sp³-hybridized carbons (Fsp3) is 0.619. The van der Waals surface area contributed by atoms with Crippen LogP contribution in [-0.2, 0) is 0 Å². The van der Waals surface area contributed by atoms with Crippen LogP contribution in [0.5, 0.6) is 0 Å². The number of likely N-dealkylation sites (tertiary alicyclic amines) is 1. The van der Waals surface area contributed by atoms with Crippen LogP contribution in [0.1, 0.15) is 67.2 Å². The van der Waals surface area contributed by atoms with Crippen molar-refractivity contribution >= 4 is 11.8 Å². The van der Waals surface area contributed by atoms with Crippen LogP contribution < -0.4 is 5.73 Å². The summed E-state index contributed by atoms with van der Waals surface area (Å²) in [6.45, 7) is 9.04. The van der Waals surface area contributed by atoms with Crippen molar-refractivity contribution in [3.8, 4) is 0 Å². The van der Waals surface area contributed by atoms with E-state index in [1.165, 1.54) is 0 Å². The second-order valence-electron chi connectivity index (χ2n) is 7.39. The molecular weight excluding hydrogens is 326 g/mol. The van der Waals surface area contributed by atoms with Crippen molar-refractivity contribution in [2.24, 2.45) is 11.7 Å². The minimum atomic E-state index is -0.0143. The zero-order valence-corrected chi connectivity index (χ0v) is 16.4. The molecule has 1 aromatic carbocycles. The van der Waals surface area contributed by atoms with Crippen molar-refractivity contribution in [1.29, 1.82) is 0 Å². The Kier molecular flexibility index (Phi) is 7.64. The van der Waals surface area contributed by atoms with Gasteiger partial charge in [0.25, 0.3) is 11.8 Å². The first kappa shape index (κ1) is 20.4. The third-order valence-corrected chi connectivity index (χ3v) is 5.14. The van der Waals surface area contributed by atoms with Crippen LogP contribution >= 0.6 is 0 Å². The van der Waals surface area contributed by atoms with Gasteiger partial charge in [0, 0.05) is 43.3 Å². The summed E-state index contributed by atoms with van der Waals surface area (Å²) in [5.74, 6) is 0.586. The Hall–Kier alpha value is -1.88. The van der Waals surface area contributed by atoms with E-state index in [-0.39, 0.29) is 17.9 Å². The van der Waals surface area contributed by atoms with Crippen molar-refractivity contribution in [2.45, 2.75) is 52.5 Å². The number of carbonyl (C=O) groups excluding carboxylic acids is 2. The molecule has 0 aliphatic carbocycles. The Morgan fingerprint density at radius 3 is 2.46 bits per heavy atom. The summed E-state index contributed by atoms with van der Waals surface area (Å²) < 4.78 is 0. The minimum Gasteiger partial charge on any atom is -0.339 e. The predicted molar refractivity (Wildman–Crippen MR) is 105 cm³/mol. The summed E-state index contributed by atoms with van der Waals surface area (Å²) in [7, 11) is 0. The van der Waals surface area contributed by atoms with Gasteiger partial charge in [-0.2, -0.15) is 0 Å². The van der Waals surface area contributed by atoms with E-state index in [9.17, 15) is 9.59 Å². The lowest BCUT2D eigenvalue weighted by molar-refractivity contribution is 0.0573. The topological polar surface area (TPSA) is 66.6 Å². The number of rotatable bonds is 7. The van der Waals surface area contributed by atoms with Gasteiger partial charge >= 0.3 is 0 Å². The van der Waals surface area contributed by atoms with Crippen LogP contribution in [0.25, 0.3) is 0 Å². The molecule has 2 rings (SSSR count). The van der Waals surface area contributed by atoms with E-state index in [0.717, 1.165) is 45.3 Å². The standard InChI is InChI=1S/C21H33N3O2/c1-4-10-23(11-5-2)20(25)17-7-6-8-18(14-17)21(26)24-12-9-16(3)13-19(24)15-22/h6-8,14,16,19H,4-5,9-13,15,22H2,1-3H3. The Labute approximate surface area is 157 Å². The molecule has 1 saturated heterocycles. The lowest BCUT2D eigenvalue weighted by Crippen LogP contribution is -2.49. The summed E-state index contributed by atoms with van der Waals surface area (Å²) in [5, 5.41) is 0. The molecule has 2 unspecified atom stereocenters. The van der Waals surface area contributed by atoms with Gasteiger partial charge in [-0.1, -0.05) is 26.8 Å². The van der Waals surface area contributed by atoms with Crippen LogP contribution in [0.4, 0.5) is 0 Å². The molecule has 1 heterocycles. The largest absolute Gasteiger partial charge is 0.339 e. The molecule has 2 amide bonds. The second-order valence-corrected chi connectivity index (χ2v) is 7.39. The molecule has 1 aliphatic heterocycles. The molecular formula is C21H33N3O2. The molecule has 0 spiro atoms. The molecule has 0 bridgehead atoms. The van der Waals surface area contributed by atoms with E-state index >= 15 is 0 Å². The molecule has 2 N–H and O–H groups in total. The van der Waals surface area contributed by atoms with Crippen molar-refractivity contribution in [3.05, 3.63) is 35.4 Å². The molecule has 0 aromatic heterocycles. The van der Waals surface area contributed by atoms with Crippen molar-refractivity contribution in [3.63, 3.8) is 0 Å². The van der Waals surface area contributed by atoms with E-state index in [1.807, 2.05) is 9.80 Å². The van der Waals surface area contributed by atoms with Crippen LogP contribution in [0.2, 0.25) is 0 Å². The number of piperidine rings is 1. The highest BCUT2D eigenvalue weighted by molar-refractivity contribution is 5.99. The minimum absolute atomic E-state index is 0.00555. The summed E-state index contributed by atoms with van der Waals surface area (Å²) in [4.78, 5) is 29.6. The van der Waals surface area contributed by atoms with Crippen LogP contribution in [0.15, 0.2) is 24.3 Å².